The van der Waals surface area contributed by atoms with Crippen LogP contribution in [0.15, 0.2) is 77.9 Å². The number of ether oxygens (including phenoxy) is 2. The number of H-pyrrole nitrogens is 1. The lowest BCUT2D eigenvalue weighted by Gasteiger charge is -2.35. The van der Waals surface area contributed by atoms with Crippen molar-refractivity contribution >= 4 is 17.2 Å². The standard InChI is InChI=1S/C29H29N5O3/c1-30-27-10-7-19(17-33-27)16-32-22-8-9-25-21(15-22)14-20-4-2-5-23(28(20)37-25)26-18-34(12-13-36-26)24-6-3-11-31-29(24)35/h2-11,15,17,26,32H,12-14,16,18H2,1H3,(H,30,33)(H,31,35). The van der Waals surface area contributed by atoms with E-state index >= 15 is 0 Å². The van der Waals surface area contributed by atoms with Crippen LogP contribution in [0.4, 0.5) is 17.2 Å². The average Bonchev–Trinajstić information content (AvgIpc) is 2.95. The van der Waals surface area contributed by atoms with Gasteiger partial charge in [-0.3, -0.25) is 4.79 Å². The smallest absolute Gasteiger partial charge is 0.271 e. The first-order valence-electron chi connectivity index (χ1n) is 12.5. The SMILES string of the molecule is CNc1ccc(CNc2ccc3c(c2)Cc2cccc(C4CN(c5ccc[nH]c5=O)CCO4)c2O3)cn1. The van der Waals surface area contributed by atoms with E-state index < -0.39 is 0 Å². The van der Waals surface area contributed by atoms with E-state index in [1.165, 1.54) is 0 Å². The molecule has 6 rings (SSSR count). The largest absolute Gasteiger partial charge is 0.456 e. The van der Waals surface area contributed by atoms with Crippen LogP contribution >= 0.6 is 0 Å². The predicted octanol–water partition coefficient (Wildman–Crippen LogP) is 4.70. The Morgan fingerprint density at radius 2 is 2.05 bits per heavy atom. The number of nitrogens with one attached hydrogen (secondary N) is 3. The second-order valence-electron chi connectivity index (χ2n) is 9.28. The molecule has 1 unspecified atom stereocenters. The molecular formula is C29H29N5O3. The summed E-state index contributed by atoms with van der Waals surface area (Å²) < 4.78 is 12.6. The lowest BCUT2D eigenvalue weighted by molar-refractivity contribution is 0.0383. The molecule has 188 valence electrons. The number of para-hydroxylation sites is 1. The molecule has 2 aromatic carbocycles. The molecule has 2 aromatic heterocycles. The molecule has 0 spiro atoms. The molecule has 8 heteroatoms. The number of aromatic amines is 1. The van der Waals surface area contributed by atoms with E-state index in [0.717, 1.165) is 51.7 Å². The normalized spacial score (nSPS) is 16.4. The third kappa shape index (κ3) is 4.75. The second-order valence-corrected chi connectivity index (χ2v) is 9.28. The minimum atomic E-state index is -0.186. The topological polar surface area (TPSA) is 91.5 Å². The van der Waals surface area contributed by atoms with Crippen molar-refractivity contribution in [3.05, 3.63) is 106 Å². The van der Waals surface area contributed by atoms with Gasteiger partial charge >= 0.3 is 0 Å². The Morgan fingerprint density at radius 3 is 2.89 bits per heavy atom. The van der Waals surface area contributed by atoms with Crippen molar-refractivity contribution in [2.75, 3.05) is 42.3 Å². The van der Waals surface area contributed by atoms with Crippen molar-refractivity contribution in [3.8, 4) is 11.5 Å². The lowest BCUT2D eigenvalue weighted by atomic mass is 9.95. The number of pyridine rings is 2. The third-order valence-electron chi connectivity index (χ3n) is 6.91. The van der Waals surface area contributed by atoms with E-state index in [4.69, 9.17) is 9.47 Å². The summed E-state index contributed by atoms with van der Waals surface area (Å²) in [6, 6.07) is 20.2. The quantitative estimate of drug-likeness (QED) is 0.315. The Kier molecular flexibility index (Phi) is 6.24. The summed E-state index contributed by atoms with van der Waals surface area (Å²) in [5.41, 5.74) is 6.02. The van der Waals surface area contributed by atoms with Crippen LogP contribution in [0.5, 0.6) is 11.5 Å². The maximum absolute atomic E-state index is 12.3. The van der Waals surface area contributed by atoms with Gasteiger partial charge in [-0.2, -0.15) is 0 Å². The van der Waals surface area contributed by atoms with Crippen LogP contribution in [-0.4, -0.2) is 36.7 Å². The molecule has 2 aliphatic heterocycles. The predicted molar refractivity (Wildman–Crippen MR) is 145 cm³/mol. The number of anilines is 3. The third-order valence-corrected chi connectivity index (χ3v) is 6.91. The van der Waals surface area contributed by atoms with Crippen LogP contribution in [-0.2, 0) is 17.7 Å². The molecule has 2 aliphatic rings. The van der Waals surface area contributed by atoms with Gasteiger partial charge in [0.25, 0.3) is 5.56 Å². The molecule has 0 radical (unpaired) electrons. The van der Waals surface area contributed by atoms with Crippen LogP contribution in [0.3, 0.4) is 0 Å². The Bertz CT molecular complexity index is 1470. The number of morpholine rings is 1. The summed E-state index contributed by atoms with van der Waals surface area (Å²) in [5.74, 6) is 2.57. The molecule has 1 saturated heterocycles. The van der Waals surface area contributed by atoms with Crippen molar-refractivity contribution in [2.24, 2.45) is 0 Å². The minimum Gasteiger partial charge on any atom is -0.456 e. The van der Waals surface area contributed by atoms with Gasteiger partial charge < -0.3 is 30.0 Å². The van der Waals surface area contributed by atoms with Crippen molar-refractivity contribution in [3.63, 3.8) is 0 Å². The maximum Gasteiger partial charge on any atom is 0.271 e. The molecule has 1 atom stereocenters. The fourth-order valence-electron chi connectivity index (χ4n) is 4.96. The van der Waals surface area contributed by atoms with Crippen LogP contribution in [0.1, 0.15) is 28.4 Å². The highest BCUT2D eigenvalue weighted by molar-refractivity contribution is 5.59. The van der Waals surface area contributed by atoms with Crippen LogP contribution in [0.25, 0.3) is 0 Å². The van der Waals surface area contributed by atoms with Crippen molar-refractivity contribution in [2.45, 2.75) is 19.1 Å². The molecule has 4 aromatic rings. The number of aromatic nitrogens is 2. The molecule has 37 heavy (non-hydrogen) atoms. The summed E-state index contributed by atoms with van der Waals surface area (Å²) >= 11 is 0. The van der Waals surface area contributed by atoms with E-state index in [1.807, 2.05) is 43.6 Å². The van der Waals surface area contributed by atoms with E-state index in [0.29, 0.717) is 31.9 Å². The zero-order valence-corrected chi connectivity index (χ0v) is 20.7. The van der Waals surface area contributed by atoms with E-state index in [9.17, 15) is 4.79 Å². The summed E-state index contributed by atoms with van der Waals surface area (Å²) in [7, 11) is 1.86. The minimum absolute atomic E-state index is 0.0842. The first-order chi connectivity index (χ1) is 18.2. The van der Waals surface area contributed by atoms with Gasteiger partial charge in [-0.1, -0.05) is 24.3 Å². The summed E-state index contributed by atoms with van der Waals surface area (Å²) in [4.78, 5) is 21.6. The fourth-order valence-corrected chi connectivity index (χ4v) is 4.96. The number of nitrogens with zero attached hydrogens (tertiary/aromatic N) is 2. The number of hydrogen-bond acceptors (Lipinski definition) is 7. The highest BCUT2D eigenvalue weighted by atomic mass is 16.5. The molecule has 4 heterocycles. The lowest BCUT2D eigenvalue weighted by Crippen LogP contribution is -2.41. The average molecular weight is 496 g/mol. The highest BCUT2D eigenvalue weighted by Crippen LogP contribution is 2.43. The van der Waals surface area contributed by atoms with E-state index in [-0.39, 0.29) is 11.7 Å². The second kappa shape index (κ2) is 9.99. The Morgan fingerprint density at radius 1 is 1.11 bits per heavy atom. The van der Waals surface area contributed by atoms with Crippen molar-refractivity contribution < 1.29 is 9.47 Å². The molecule has 0 aliphatic carbocycles. The fraction of sp³-hybridized carbons (Fsp3) is 0.241. The molecule has 0 amide bonds. The first kappa shape index (κ1) is 23.1. The van der Waals surface area contributed by atoms with Gasteiger partial charge in [0.1, 0.15) is 29.1 Å². The van der Waals surface area contributed by atoms with E-state index in [2.05, 4.69) is 55.8 Å². The molecule has 3 N–H and O–H groups in total. The molecule has 1 fully saturated rings. The molecule has 0 bridgehead atoms. The Hall–Kier alpha value is -4.30. The van der Waals surface area contributed by atoms with Crippen LogP contribution in [0.2, 0.25) is 0 Å². The zero-order valence-electron chi connectivity index (χ0n) is 20.7. The number of benzene rings is 2. The summed E-state index contributed by atoms with van der Waals surface area (Å²) in [5, 5.41) is 6.53. The van der Waals surface area contributed by atoms with Gasteiger partial charge in [0.2, 0.25) is 0 Å². The van der Waals surface area contributed by atoms with Gasteiger partial charge in [0.05, 0.1) is 6.61 Å². The van der Waals surface area contributed by atoms with Gasteiger partial charge in [-0.15, -0.1) is 0 Å². The van der Waals surface area contributed by atoms with Gasteiger partial charge in [-0.25, -0.2) is 4.98 Å². The van der Waals surface area contributed by atoms with Gasteiger partial charge in [0, 0.05) is 62.3 Å². The Balaban J connectivity index is 1.19. The molecule has 8 nitrogen and oxygen atoms in total. The van der Waals surface area contributed by atoms with E-state index in [1.54, 1.807) is 6.20 Å². The highest BCUT2D eigenvalue weighted by Gasteiger charge is 2.29. The number of rotatable bonds is 6. The van der Waals surface area contributed by atoms with Crippen LogP contribution in [0, 0.1) is 0 Å². The van der Waals surface area contributed by atoms with Gasteiger partial charge in [0.15, 0.2) is 0 Å². The summed E-state index contributed by atoms with van der Waals surface area (Å²) in [6.07, 6.45) is 4.12. The van der Waals surface area contributed by atoms with Crippen molar-refractivity contribution in [1.82, 2.24) is 9.97 Å². The molecule has 0 saturated carbocycles. The maximum atomic E-state index is 12.3. The zero-order chi connectivity index (χ0) is 25.2. The number of fused-ring (bicyclic) bond motifs is 2. The first-order valence-corrected chi connectivity index (χ1v) is 12.5. The van der Waals surface area contributed by atoms with Gasteiger partial charge in [-0.05, 0) is 47.5 Å². The van der Waals surface area contributed by atoms with Crippen LogP contribution < -0.4 is 25.8 Å². The Labute approximate surface area is 215 Å². The molecular weight excluding hydrogens is 466 g/mol. The monoisotopic (exact) mass is 495 g/mol. The number of hydrogen-bond donors (Lipinski definition) is 3. The summed E-state index contributed by atoms with van der Waals surface area (Å²) in [6.45, 7) is 2.50. The van der Waals surface area contributed by atoms with Crippen molar-refractivity contribution in [1.29, 1.82) is 0 Å².